The Morgan fingerprint density at radius 2 is 1.54 bits per heavy atom. The summed E-state index contributed by atoms with van der Waals surface area (Å²) in [5.41, 5.74) is 3.37. The molecule has 9 heteroatoms. The summed E-state index contributed by atoms with van der Waals surface area (Å²) in [4.78, 5) is 22.7. The highest BCUT2D eigenvalue weighted by molar-refractivity contribution is 6.04. The van der Waals surface area contributed by atoms with Crippen molar-refractivity contribution in [2.75, 3.05) is 33.5 Å². The normalized spacial score (nSPS) is 23.4. The fraction of sp³-hybridized carbons (Fsp3) is 0.385. The van der Waals surface area contributed by atoms with E-state index in [4.69, 9.17) is 24.2 Å². The first-order valence-corrected chi connectivity index (χ1v) is 22.0. The maximum atomic E-state index is 15.1. The highest BCUT2D eigenvalue weighted by Crippen LogP contribution is 2.62. The van der Waals surface area contributed by atoms with Crippen LogP contribution >= 0.6 is 0 Å². The van der Waals surface area contributed by atoms with Crippen molar-refractivity contribution in [1.82, 2.24) is 4.90 Å². The number of ether oxygens (including phenoxy) is 3. The third-order valence-electron chi connectivity index (χ3n) is 12.9. The lowest BCUT2D eigenvalue weighted by Gasteiger charge is -2.60. The Morgan fingerprint density at radius 1 is 0.869 bits per heavy atom. The van der Waals surface area contributed by atoms with Gasteiger partial charge in [0.25, 0.3) is 5.91 Å². The molecule has 1 fully saturated rings. The largest absolute Gasteiger partial charge is 0.459 e. The molecule has 1 saturated carbocycles. The van der Waals surface area contributed by atoms with Gasteiger partial charge in [-0.25, -0.2) is 0 Å². The lowest BCUT2D eigenvalue weighted by molar-refractivity contribution is -0.254. The summed E-state index contributed by atoms with van der Waals surface area (Å²) < 4.78 is 21.2. The topological polar surface area (TPSA) is 110 Å². The van der Waals surface area contributed by atoms with Crippen LogP contribution in [0.4, 0.5) is 0 Å². The molecule has 0 bridgehead atoms. The number of carbonyl (C=O) groups excluding carboxylic acids is 1. The summed E-state index contributed by atoms with van der Waals surface area (Å²) in [5.74, 6) is 0.336. The Kier molecular flexibility index (Phi) is 13.2. The standard InChI is InChI=1S/C52H58N2O7/c1-4-26-54(51(57)40-21-20-35-14-6-8-16-37(35)30-40)48-34-46(53-58-3)44-32-39(18-10-12-27-55)43(19-11-13-28-56)49-45-33-42(60-41-23-22-36-15-7-9-17-38(36)31-41)24-25-47(45)61-52(48,50(44)49)59-29-5-2/h5-9,14-17,20-25,30-33,39,43,48-50,55-56H,2,4,10-13,18-19,26-29,34H2,1,3H3. The van der Waals surface area contributed by atoms with Crippen LogP contribution in [0.15, 0.2) is 133 Å². The summed E-state index contributed by atoms with van der Waals surface area (Å²) in [6.45, 7) is 7.06. The van der Waals surface area contributed by atoms with Crippen LogP contribution in [0.1, 0.15) is 80.1 Å². The third-order valence-corrected chi connectivity index (χ3v) is 12.9. The lowest BCUT2D eigenvalue weighted by Crippen LogP contribution is -2.70. The van der Waals surface area contributed by atoms with Crippen molar-refractivity contribution < 1.29 is 34.1 Å². The first-order valence-electron chi connectivity index (χ1n) is 22.0. The SMILES string of the molecule is C=CCOC12Oc3ccc(Oc4ccc5ccccc5c4)cc3C3C(CCCCO)C(CCCCO)C=C(C(=NOC)CC1N(CCC)C(=O)c1ccc4ccccc4c1)C32. The van der Waals surface area contributed by atoms with Crippen LogP contribution in [0.25, 0.3) is 21.5 Å². The van der Waals surface area contributed by atoms with Gasteiger partial charge in [0.1, 0.15) is 30.4 Å². The molecule has 1 aliphatic heterocycles. The van der Waals surface area contributed by atoms with Crippen molar-refractivity contribution in [2.24, 2.45) is 22.9 Å². The van der Waals surface area contributed by atoms with Crippen LogP contribution in [-0.4, -0.2) is 72.0 Å². The highest BCUT2D eigenvalue weighted by Gasteiger charge is 2.65. The number of allylic oxidation sites excluding steroid dienone is 1. The third kappa shape index (κ3) is 8.44. The zero-order valence-electron chi connectivity index (χ0n) is 35.4. The van der Waals surface area contributed by atoms with Gasteiger partial charge in [0.15, 0.2) is 0 Å². The number of aliphatic hydroxyl groups excluding tert-OH is 2. The molecule has 5 aromatic carbocycles. The summed E-state index contributed by atoms with van der Waals surface area (Å²) in [6, 6.07) is 33.8. The van der Waals surface area contributed by atoms with E-state index < -0.39 is 17.7 Å². The fourth-order valence-electron chi connectivity index (χ4n) is 10.3. The molecule has 6 atom stereocenters. The number of amides is 1. The van der Waals surface area contributed by atoms with Crippen molar-refractivity contribution in [3.05, 3.63) is 139 Å². The average Bonchev–Trinajstić information content (AvgIpc) is 3.29. The number of nitrogens with zero attached hydrogens (tertiary/aromatic N) is 2. The zero-order chi connectivity index (χ0) is 42.3. The van der Waals surface area contributed by atoms with E-state index in [9.17, 15) is 10.2 Å². The van der Waals surface area contributed by atoms with Gasteiger partial charge in [0.05, 0.1) is 18.2 Å². The maximum Gasteiger partial charge on any atom is 0.254 e. The molecule has 0 saturated heterocycles. The first-order chi connectivity index (χ1) is 29.9. The second kappa shape index (κ2) is 19.1. The van der Waals surface area contributed by atoms with Crippen LogP contribution in [0.3, 0.4) is 0 Å². The Balaban J connectivity index is 1.31. The highest BCUT2D eigenvalue weighted by atomic mass is 16.7. The lowest BCUT2D eigenvalue weighted by atomic mass is 9.55. The minimum atomic E-state index is -1.34. The Bertz CT molecular complexity index is 2410. The second-order valence-electron chi connectivity index (χ2n) is 16.6. The minimum absolute atomic E-state index is 0.0997. The minimum Gasteiger partial charge on any atom is -0.459 e. The van der Waals surface area contributed by atoms with Gasteiger partial charge < -0.3 is 34.2 Å². The average molecular weight is 823 g/mol. The molecule has 1 heterocycles. The molecule has 8 rings (SSSR count). The molecule has 5 aromatic rings. The van der Waals surface area contributed by atoms with E-state index >= 15 is 4.79 Å². The van der Waals surface area contributed by atoms with E-state index in [-0.39, 0.29) is 43.5 Å². The van der Waals surface area contributed by atoms with Gasteiger partial charge in [0, 0.05) is 43.2 Å². The summed E-state index contributed by atoms with van der Waals surface area (Å²) in [7, 11) is 1.57. The molecule has 2 N–H and O–H groups in total. The maximum absolute atomic E-state index is 15.1. The number of oxime groups is 1. The molecule has 0 aromatic heterocycles. The van der Waals surface area contributed by atoms with E-state index in [0.29, 0.717) is 49.3 Å². The summed E-state index contributed by atoms with van der Waals surface area (Å²) in [5, 5.41) is 28.9. The number of hydrogen-bond donors (Lipinski definition) is 2. The van der Waals surface area contributed by atoms with E-state index in [0.717, 1.165) is 69.8 Å². The van der Waals surface area contributed by atoms with Gasteiger partial charge in [-0.1, -0.05) is 97.7 Å². The Labute approximate surface area is 359 Å². The van der Waals surface area contributed by atoms with Gasteiger partial charge in [-0.3, -0.25) is 4.79 Å². The number of unbranched alkanes of at least 4 members (excludes halogenated alkanes) is 2. The molecule has 318 valence electrons. The number of carbonyl (C=O) groups is 1. The number of aliphatic hydroxyl groups is 2. The Morgan fingerprint density at radius 3 is 2.25 bits per heavy atom. The van der Waals surface area contributed by atoms with E-state index in [1.165, 1.54) is 0 Å². The van der Waals surface area contributed by atoms with Crippen LogP contribution < -0.4 is 9.47 Å². The second-order valence-corrected chi connectivity index (χ2v) is 16.6. The van der Waals surface area contributed by atoms with Crippen LogP contribution in [0.5, 0.6) is 17.2 Å². The molecule has 6 unspecified atom stereocenters. The molecule has 9 nitrogen and oxygen atoms in total. The Hall–Kier alpha value is -5.48. The van der Waals surface area contributed by atoms with Gasteiger partial charge >= 0.3 is 0 Å². The summed E-state index contributed by atoms with van der Waals surface area (Å²) >= 11 is 0. The van der Waals surface area contributed by atoms with E-state index in [1.807, 2.05) is 71.6 Å². The molecule has 0 radical (unpaired) electrons. The van der Waals surface area contributed by atoms with Crippen molar-refractivity contribution in [2.45, 2.75) is 76.0 Å². The number of benzene rings is 5. The molecular weight excluding hydrogens is 765 g/mol. The monoisotopic (exact) mass is 822 g/mol. The van der Waals surface area contributed by atoms with Crippen LogP contribution in [-0.2, 0) is 9.57 Å². The molecule has 2 aliphatic carbocycles. The van der Waals surface area contributed by atoms with E-state index in [1.54, 1.807) is 13.2 Å². The van der Waals surface area contributed by atoms with Crippen LogP contribution in [0, 0.1) is 17.8 Å². The van der Waals surface area contributed by atoms with Crippen molar-refractivity contribution in [1.29, 1.82) is 0 Å². The quantitative estimate of drug-likeness (QED) is 0.0514. The molecule has 1 amide bonds. The molecular formula is C52H58N2O7. The number of hydrogen-bond acceptors (Lipinski definition) is 8. The molecule has 0 spiro atoms. The number of fused-ring (bicyclic) bond motifs is 4. The van der Waals surface area contributed by atoms with Crippen molar-refractivity contribution >= 4 is 33.2 Å². The van der Waals surface area contributed by atoms with E-state index in [2.05, 4.69) is 56.0 Å². The smallest absolute Gasteiger partial charge is 0.254 e. The first kappa shape index (κ1) is 42.2. The van der Waals surface area contributed by atoms with Crippen LogP contribution in [0.2, 0.25) is 0 Å². The number of rotatable bonds is 18. The van der Waals surface area contributed by atoms with Gasteiger partial charge in [-0.2, -0.15) is 0 Å². The van der Waals surface area contributed by atoms with Gasteiger partial charge in [-0.15, -0.1) is 6.58 Å². The fourth-order valence-corrected chi connectivity index (χ4v) is 10.3. The van der Waals surface area contributed by atoms with Crippen molar-refractivity contribution in [3.8, 4) is 17.2 Å². The zero-order valence-corrected chi connectivity index (χ0v) is 35.4. The summed E-state index contributed by atoms with van der Waals surface area (Å²) in [6.07, 6.45) is 9.96. The molecule has 61 heavy (non-hydrogen) atoms. The molecule has 3 aliphatic rings. The predicted octanol–water partition coefficient (Wildman–Crippen LogP) is 10.6. The predicted molar refractivity (Wildman–Crippen MR) is 241 cm³/mol. The van der Waals surface area contributed by atoms with Gasteiger partial charge in [0.2, 0.25) is 5.79 Å². The van der Waals surface area contributed by atoms with Crippen molar-refractivity contribution in [3.63, 3.8) is 0 Å². The van der Waals surface area contributed by atoms with Gasteiger partial charge in [-0.05, 0) is 114 Å².